The minimum Gasteiger partial charge on any atom is -0.488 e. The van der Waals surface area contributed by atoms with Gasteiger partial charge in [0.25, 0.3) is 0 Å². The minimum atomic E-state index is -0.782. The van der Waals surface area contributed by atoms with Crippen molar-refractivity contribution < 1.29 is 19.0 Å². The van der Waals surface area contributed by atoms with Crippen LogP contribution in [0.1, 0.15) is 32.4 Å². The first-order chi connectivity index (χ1) is 8.90. The van der Waals surface area contributed by atoms with Gasteiger partial charge in [0.15, 0.2) is 11.6 Å². The molecule has 1 aromatic rings. The zero-order valence-electron chi connectivity index (χ0n) is 11.6. The summed E-state index contributed by atoms with van der Waals surface area (Å²) < 4.78 is 24.1. The predicted molar refractivity (Wildman–Crippen MR) is 71.6 cm³/mol. The quantitative estimate of drug-likeness (QED) is 0.796. The highest BCUT2D eigenvalue weighted by molar-refractivity contribution is 5.30. The van der Waals surface area contributed by atoms with E-state index in [1.54, 1.807) is 13.0 Å². The molecular formula is C14H22FNO3. The molecule has 0 amide bonds. The van der Waals surface area contributed by atoms with E-state index in [4.69, 9.17) is 15.2 Å². The van der Waals surface area contributed by atoms with Crippen LogP contribution in [-0.4, -0.2) is 30.5 Å². The van der Waals surface area contributed by atoms with Crippen molar-refractivity contribution in [2.24, 2.45) is 5.73 Å². The number of hydrogen-bond acceptors (Lipinski definition) is 4. The van der Waals surface area contributed by atoms with Gasteiger partial charge in [0.2, 0.25) is 0 Å². The van der Waals surface area contributed by atoms with E-state index in [-0.39, 0.29) is 31.1 Å². The first-order valence-corrected chi connectivity index (χ1v) is 6.37. The number of ether oxygens (including phenoxy) is 2. The Morgan fingerprint density at radius 3 is 2.47 bits per heavy atom. The van der Waals surface area contributed by atoms with Gasteiger partial charge in [0.1, 0.15) is 12.7 Å². The molecule has 0 heterocycles. The van der Waals surface area contributed by atoms with Gasteiger partial charge in [-0.1, -0.05) is 6.07 Å². The monoisotopic (exact) mass is 271 g/mol. The van der Waals surface area contributed by atoms with Gasteiger partial charge in [-0.2, -0.15) is 0 Å². The third kappa shape index (κ3) is 5.55. The highest BCUT2D eigenvalue weighted by Gasteiger charge is 2.11. The van der Waals surface area contributed by atoms with Crippen LogP contribution < -0.4 is 10.5 Å². The molecule has 0 bridgehead atoms. The van der Waals surface area contributed by atoms with Crippen LogP contribution >= 0.6 is 0 Å². The lowest BCUT2D eigenvalue weighted by molar-refractivity contribution is -0.0127. The number of aliphatic hydroxyl groups is 1. The summed E-state index contributed by atoms with van der Waals surface area (Å²) in [7, 11) is 0. The third-order valence-electron chi connectivity index (χ3n) is 2.53. The topological polar surface area (TPSA) is 64.7 Å². The van der Waals surface area contributed by atoms with Gasteiger partial charge >= 0.3 is 0 Å². The molecule has 5 heteroatoms. The summed E-state index contributed by atoms with van der Waals surface area (Å²) in [5, 5.41) is 9.60. The van der Waals surface area contributed by atoms with Crippen molar-refractivity contribution in [3.63, 3.8) is 0 Å². The van der Waals surface area contributed by atoms with Crippen molar-refractivity contribution in [3.8, 4) is 5.75 Å². The van der Waals surface area contributed by atoms with Crippen LogP contribution in [0.4, 0.5) is 4.39 Å². The molecule has 1 aromatic carbocycles. The second kappa shape index (κ2) is 7.43. The zero-order valence-corrected chi connectivity index (χ0v) is 11.6. The molecule has 0 aliphatic rings. The summed E-state index contributed by atoms with van der Waals surface area (Å²) >= 11 is 0. The first kappa shape index (κ1) is 15.9. The maximum absolute atomic E-state index is 13.7. The van der Waals surface area contributed by atoms with Crippen LogP contribution in [0.15, 0.2) is 18.2 Å². The maximum atomic E-state index is 13.7. The van der Waals surface area contributed by atoms with Crippen LogP contribution in [0, 0.1) is 5.82 Å². The number of hydrogen-bond donors (Lipinski definition) is 2. The van der Waals surface area contributed by atoms with Crippen molar-refractivity contribution in [2.75, 3.05) is 13.2 Å². The smallest absolute Gasteiger partial charge is 0.165 e. The SMILES string of the molecule is CC(C)OCC(O)COc1ccc([C@@H](C)N)cc1F. The molecule has 1 unspecified atom stereocenters. The lowest BCUT2D eigenvalue weighted by Gasteiger charge is -2.15. The average Bonchev–Trinajstić information content (AvgIpc) is 2.34. The number of aliphatic hydroxyl groups excluding tert-OH is 1. The largest absolute Gasteiger partial charge is 0.488 e. The minimum absolute atomic E-state index is 0.0127. The molecule has 0 aromatic heterocycles. The maximum Gasteiger partial charge on any atom is 0.165 e. The van der Waals surface area contributed by atoms with Crippen LogP contribution in [0.5, 0.6) is 5.75 Å². The lowest BCUT2D eigenvalue weighted by atomic mass is 10.1. The molecule has 19 heavy (non-hydrogen) atoms. The van der Waals surface area contributed by atoms with Gasteiger partial charge in [-0.3, -0.25) is 0 Å². The van der Waals surface area contributed by atoms with Gasteiger partial charge in [-0.05, 0) is 38.5 Å². The molecule has 2 atom stereocenters. The van der Waals surface area contributed by atoms with E-state index < -0.39 is 11.9 Å². The van der Waals surface area contributed by atoms with E-state index in [1.807, 2.05) is 13.8 Å². The Morgan fingerprint density at radius 2 is 1.95 bits per heavy atom. The number of benzene rings is 1. The normalized spacial score (nSPS) is 14.5. The van der Waals surface area contributed by atoms with Crippen LogP contribution in [0.2, 0.25) is 0 Å². The molecule has 108 valence electrons. The Kier molecular flexibility index (Phi) is 6.21. The summed E-state index contributed by atoms with van der Waals surface area (Å²) in [6.07, 6.45) is -0.744. The van der Waals surface area contributed by atoms with Crippen molar-refractivity contribution in [1.82, 2.24) is 0 Å². The molecule has 0 fully saturated rings. The Labute approximate surface area is 113 Å². The van der Waals surface area contributed by atoms with E-state index in [0.29, 0.717) is 5.56 Å². The van der Waals surface area contributed by atoms with Crippen LogP contribution in [0.25, 0.3) is 0 Å². The highest BCUT2D eigenvalue weighted by atomic mass is 19.1. The van der Waals surface area contributed by atoms with E-state index in [1.165, 1.54) is 12.1 Å². The lowest BCUT2D eigenvalue weighted by Crippen LogP contribution is -2.25. The molecule has 0 saturated heterocycles. The fourth-order valence-electron chi connectivity index (χ4n) is 1.45. The summed E-state index contributed by atoms with van der Waals surface area (Å²) in [4.78, 5) is 0. The predicted octanol–water partition coefficient (Wildman–Crippen LogP) is 2.01. The van der Waals surface area contributed by atoms with E-state index in [2.05, 4.69) is 0 Å². The van der Waals surface area contributed by atoms with Crippen molar-refractivity contribution >= 4 is 0 Å². The summed E-state index contributed by atoms with van der Waals surface area (Å²) in [5.41, 5.74) is 6.36. The van der Waals surface area contributed by atoms with Crippen LogP contribution in [-0.2, 0) is 4.74 Å². The van der Waals surface area contributed by atoms with Gasteiger partial charge in [-0.25, -0.2) is 4.39 Å². The highest BCUT2D eigenvalue weighted by Crippen LogP contribution is 2.21. The molecular weight excluding hydrogens is 249 g/mol. The average molecular weight is 271 g/mol. The molecule has 1 rings (SSSR count). The van der Waals surface area contributed by atoms with Gasteiger partial charge in [0.05, 0.1) is 12.7 Å². The summed E-state index contributed by atoms with van der Waals surface area (Å²) in [5.74, 6) is -0.375. The van der Waals surface area contributed by atoms with Gasteiger partial charge in [-0.15, -0.1) is 0 Å². The van der Waals surface area contributed by atoms with E-state index in [0.717, 1.165) is 0 Å². The van der Waals surface area contributed by atoms with E-state index >= 15 is 0 Å². The molecule has 0 saturated carbocycles. The fraction of sp³-hybridized carbons (Fsp3) is 0.571. The van der Waals surface area contributed by atoms with Crippen molar-refractivity contribution in [1.29, 1.82) is 0 Å². The Balaban J connectivity index is 2.49. The fourth-order valence-corrected chi connectivity index (χ4v) is 1.45. The first-order valence-electron chi connectivity index (χ1n) is 6.37. The van der Waals surface area contributed by atoms with Crippen molar-refractivity contribution in [3.05, 3.63) is 29.6 Å². The molecule has 0 radical (unpaired) electrons. The second-order valence-corrected chi connectivity index (χ2v) is 4.83. The standard InChI is InChI=1S/C14H22FNO3/c1-9(2)18-7-12(17)8-19-14-5-4-11(10(3)16)6-13(14)15/h4-6,9-10,12,17H,7-8,16H2,1-3H3/t10-,12?/m1/s1. The Bertz CT molecular complexity index is 396. The second-order valence-electron chi connectivity index (χ2n) is 4.83. The summed E-state index contributed by atoms with van der Waals surface area (Å²) in [6, 6.07) is 4.34. The van der Waals surface area contributed by atoms with Gasteiger partial charge < -0.3 is 20.3 Å². The van der Waals surface area contributed by atoms with Crippen molar-refractivity contribution in [2.45, 2.75) is 39.0 Å². The molecule has 0 aliphatic heterocycles. The number of rotatable bonds is 7. The van der Waals surface area contributed by atoms with Gasteiger partial charge in [0, 0.05) is 6.04 Å². The summed E-state index contributed by atoms with van der Waals surface area (Å²) in [6.45, 7) is 5.68. The Morgan fingerprint density at radius 1 is 1.26 bits per heavy atom. The zero-order chi connectivity index (χ0) is 14.4. The Hall–Kier alpha value is -1.17. The molecule has 3 N–H and O–H groups in total. The third-order valence-corrected chi connectivity index (χ3v) is 2.53. The number of halogens is 1. The number of nitrogens with two attached hydrogens (primary N) is 1. The van der Waals surface area contributed by atoms with E-state index in [9.17, 15) is 9.50 Å². The molecule has 0 aliphatic carbocycles. The van der Waals surface area contributed by atoms with Crippen LogP contribution in [0.3, 0.4) is 0 Å². The molecule has 0 spiro atoms. The molecule has 4 nitrogen and oxygen atoms in total.